The Kier molecular flexibility index (Phi) is 3.40. The first-order valence-corrected chi connectivity index (χ1v) is 6.39. The summed E-state index contributed by atoms with van der Waals surface area (Å²) in [5, 5.41) is 3.29. The van der Waals surface area contributed by atoms with E-state index in [2.05, 4.69) is 29.9 Å². The zero-order chi connectivity index (χ0) is 10.0. The minimum Gasteiger partial charge on any atom is -0.319 e. The molecule has 0 aromatic rings. The molecule has 14 heavy (non-hydrogen) atoms. The minimum atomic E-state index is 0.737. The number of piperidine rings is 1. The second kappa shape index (κ2) is 4.42. The third-order valence-corrected chi connectivity index (χ3v) is 4.45. The van der Waals surface area contributed by atoms with E-state index in [4.69, 9.17) is 0 Å². The lowest BCUT2D eigenvalue weighted by molar-refractivity contribution is -0.00688. The van der Waals surface area contributed by atoms with Crippen LogP contribution >= 0.6 is 12.6 Å². The smallest absolute Gasteiger partial charge is 0.0414 e. The van der Waals surface area contributed by atoms with E-state index in [1.165, 1.54) is 45.3 Å². The summed E-state index contributed by atoms with van der Waals surface area (Å²) >= 11 is 4.33. The third kappa shape index (κ3) is 2.10. The first kappa shape index (κ1) is 10.8. The average Bonchev–Trinajstić information content (AvgIpc) is 2.17. The number of nitrogens with one attached hydrogen (secondary N) is 1. The van der Waals surface area contributed by atoms with Gasteiger partial charge in [0.05, 0.1) is 0 Å². The second-order valence-electron chi connectivity index (χ2n) is 5.09. The molecule has 0 aromatic carbocycles. The van der Waals surface area contributed by atoms with E-state index in [-0.39, 0.29) is 0 Å². The van der Waals surface area contributed by atoms with Crippen molar-refractivity contribution in [2.75, 3.05) is 32.6 Å². The van der Waals surface area contributed by atoms with Gasteiger partial charge in [-0.05, 0) is 63.7 Å². The Morgan fingerprint density at radius 1 is 1.36 bits per heavy atom. The number of nitrogens with zero attached hydrogens (tertiary/aromatic N) is 1. The zero-order valence-electron chi connectivity index (χ0n) is 9.13. The molecule has 1 saturated carbocycles. The van der Waals surface area contributed by atoms with Crippen LogP contribution in [0.3, 0.4) is 0 Å². The Labute approximate surface area is 92.8 Å². The van der Waals surface area contributed by atoms with Crippen LogP contribution in [-0.4, -0.2) is 37.5 Å². The van der Waals surface area contributed by atoms with Crippen LogP contribution in [0.5, 0.6) is 0 Å². The molecule has 2 fully saturated rings. The van der Waals surface area contributed by atoms with Crippen LogP contribution in [0, 0.1) is 11.3 Å². The van der Waals surface area contributed by atoms with E-state index < -0.39 is 0 Å². The van der Waals surface area contributed by atoms with Crippen LogP contribution in [-0.2, 0) is 0 Å². The van der Waals surface area contributed by atoms with Crippen molar-refractivity contribution in [3.63, 3.8) is 0 Å². The van der Waals surface area contributed by atoms with Gasteiger partial charge in [-0.15, -0.1) is 0 Å². The summed E-state index contributed by atoms with van der Waals surface area (Å²) in [4.78, 5) is 2.46. The van der Waals surface area contributed by atoms with Gasteiger partial charge in [0.25, 0.3) is 0 Å². The van der Waals surface area contributed by atoms with Gasteiger partial charge >= 0.3 is 0 Å². The number of likely N-dealkylation sites (tertiary alicyclic amines) is 1. The molecule has 82 valence electrons. The SMILES string of the molecule is CNCC1CC2(CCN(CS)CC2)C1. The largest absolute Gasteiger partial charge is 0.319 e. The van der Waals surface area contributed by atoms with Crippen LogP contribution < -0.4 is 5.32 Å². The topological polar surface area (TPSA) is 15.3 Å². The quantitative estimate of drug-likeness (QED) is 0.694. The normalized spacial score (nSPS) is 27.9. The monoisotopic (exact) mass is 214 g/mol. The molecule has 0 unspecified atom stereocenters. The lowest BCUT2D eigenvalue weighted by atomic mass is 9.57. The van der Waals surface area contributed by atoms with Crippen molar-refractivity contribution in [3.8, 4) is 0 Å². The molecule has 2 aliphatic rings. The molecular weight excluding hydrogens is 192 g/mol. The highest BCUT2D eigenvalue weighted by Gasteiger charge is 2.44. The minimum absolute atomic E-state index is 0.737. The first-order chi connectivity index (χ1) is 6.78. The van der Waals surface area contributed by atoms with Crippen LogP contribution in [0.15, 0.2) is 0 Å². The molecule has 0 bridgehead atoms. The maximum atomic E-state index is 4.33. The first-order valence-electron chi connectivity index (χ1n) is 5.76. The van der Waals surface area contributed by atoms with Crippen molar-refractivity contribution < 1.29 is 0 Å². The van der Waals surface area contributed by atoms with Crippen molar-refractivity contribution in [1.82, 2.24) is 10.2 Å². The summed E-state index contributed by atoms with van der Waals surface area (Å²) < 4.78 is 0. The summed E-state index contributed by atoms with van der Waals surface area (Å²) in [5.41, 5.74) is 0.737. The van der Waals surface area contributed by atoms with Gasteiger partial charge in [0.15, 0.2) is 0 Å². The molecule has 2 rings (SSSR count). The van der Waals surface area contributed by atoms with Crippen molar-refractivity contribution in [3.05, 3.63) is 0 Å². The lowest BCUT2D eigenvalue weighted by Crippen LogP contribution is -2.48. The Balaban J connectivity index is 1.74. The summed E-state index contributed by atoms with van der Waals surface area (Å²) in [7, 11) is 2.06. The average molecular weight is 214 g/mol. The molecule has 0 radical (unpaired) electrons. The highest BCUT2D eigenvalue weighted by Crippen LogP contribution is 2.52. The molecule has 3 heteroatoms. The van der Waals surface area contributed by atoms with Crippen LogP contribution in [0.4, 0.5) is 0 Å². The van der Waals surface area contributed by atoms with Gasteiger partial charge in [0.2, 0.25) is 0 Å². The number of hydrogen-bond donors (Lipinski definition) is 2. The molecule has 0 amide bonds. The fraction of sp³-hybridized carbons (Fsp3) is 1.00. The van der Waals surface area contributed by atoms with Crippen LogP contribution in [0.25, 0.3) is 0 Å². The molecule has 1 aliphatic carbocycles. The molecule has 0 aromatic heterocycles. The Morgan fingerprint density at radius 3 is 2.50 bits per heavy atom. The maximum Gasteiger partial charge on any atom is 0.0414 e. The Hall–Kier alpha value is 0.270. The zero-order valence-corrected chi connectivity index (χ0v) is 10.0. The standard InChI is InChI=1S/C11H22N2S/c1-12-8-10-6-11(7-10)2-4-13(9-14)5-3-11/h10,12,14H,2-9H2,1H3. The highest BCUT2D eigenvalue weighted by molar-refractivity contribution is 7.80. The van der Waals surface area contributed by atoms with Crippen LogP contribution in [0.2, 0.25) is 0 Å². The molecule has 1 saturated heterocycles. The third-order valence-electron chi connectivity index (χ3n) is 4.05. The van der Waals surface area contributed by atoms with E-state index in [0.717, 1.165) is 17.2 Å². The van der Waals surface area contributed by atoms with Gasteiger partial charge in [-0.25, -0.2) is 0 Å². The fourth-order valence-electron chi connectivity index (χ4n) is 3.18. The second-order valence-corrected chi connectivity index (χ2v) is 5.37. The number of thiol groups is 1. The van der Waals surface area contributed by atoms with E-state index >= 15 is 0 Å². The van der Waals surface area contributed by atoms with Crippen molar-refractivity contribution >= 4 is 12.6 Å². The molecule has 2 nitrogen and oxygen atoms in total. The van der Waals surface area contributed by atoms with Gasteiger partial charge < -0.3 is 5.32 Å². The molecule has 0 atom stereocenters. The van der Waals surface area contributed by atoms with Crippen LogP contribution in [0.1, 0.15) is 25.7 Å². The number of rotatable bonds is 3. The van der Waals surface area contributed by atoms with Crippen molar-refractivity contribution in [2.45, 2.75) is 25.7 Å². The molecule has 1 aliphatic heterocycles. The summed E-state index contributed by atoms with van der Waals surface area (Å²) in [5.74, 6) is 1.90. The van der Waals surface area contributed by atoms with E-state index in [9.17, 15) is 0 Å². The molecule has 1 N–H and O–H groups in total. The molecular formula is C11H22N2S. The summed E-state index contributed by atoms with van der Waals surface area (Å²) in [6, 6.07) is 0. The van der Waals surface area contributed by atoms with Gasteiger partial charge in [0.1, 0.15) is 0 Å². The Morgan fingerprint density at radius 2 is 2.00 bits per heavy atom. The number of hydrogen-bond acceptors (Lipinski definition) is 3. The van der Waals surface area contributed by atoms with Gasteiger partial charge in [-0.3, -0.25) is 4.90 Å². The predicted octanol–water partition coefficient (Wildman–Crippen LogP) is 1.59. The van der Waals surface area contributed by atoms with Gasteiger partial charge in [-0.1, -0.05) is 0 Å². The van der Waals surface area contributed by atoms with Gasteiger partial charge in [-0.2, -0.15) is 12.6 Å². The fourth-order valence-corrected chi connectivity index (χ4v) is 3.46. The molecule has 1 heterocycles. The molecule has 1 spiro atoms. The highest BCUT2D eigenvalue weighted by atomic mass is 32.1. The maximum absolute atomic E-state index is 4.33. The predicted molar refractivity (Wildman–Crippen MR) is 63.7 cm³/mol. The van der Waals surface area contributed by atoms with Crippen molar-refractivity contribution in [2.24, 2.45) is 11.3 Å². The van der Waals surface area contributed by atoms with E-state index in [1.807, 2.05) is 0 Å². The van der Waals surface area contributed by atoms with E-state index in [0.29, 0.717) is 0 Å². The summed E-state index contributed by atoms with van der Waals surface area (Å²) in [6.07, 6.45) is 5.75. The van der Waals surface area contributed by atoms with E-state index in [1.54, 1.807) is 0 Å². The van der Waals surface area contributed by atoms with Crippen molar-refractivity contribution in [1.29, 1.82) is 0 Å². The lowest BCUT2D eigenvalue weighted by Gasteiger charge is -2.52. The Bertz CT molecular complexity index is 172. The van der Waals surface area contributed by atoms with Gasteiger partial charge in [0, 0.05) is 5.88 Å². The summed E-state index contributed by atoms with van der Waals surface area (Å²) in [6.45, 7) is 3.77.